The molecule has 0 aliphatic heterocycles. The Morgan fingerprint density at radius 1 is 1.00 bits per heavy atom. The molecule has 0 N–H and O–H groups in total. The van der Waals surface area contributed by atoms with Crippen molar-refractivity contribution in [3.05, 3.63) is 35.9 Å². The van der Waals surface area contributed by atoms with Crippen LogP contribution in [0.3, 0.4) is 0 Å². The highest BCUT2D eigenvalue weighted by atomic mass is 79.9. The van der Waals surface area contributed by atoms with Gasteiger partial charge < -0.3 is 9.47 Å². The number of methoxy groups -OCH3 is 1. The van der Waals surface area contributed by atoms with Gasteiger partial charge in [-0.3, -0.25) is 0 Å². The van der Waals surface area contributed by atoms with Crippen LogP contribution in [0.2, 0.25) is 0 Å². The molecule has 114 valence electrons. The third-order valence-corrected chi connectivity index (χ3v) is 4.29. The van der Waals surface area contributed by atoms with E-state index >= 15 is 0 Å². The van der Waals surface area contributed by atoms with Crippen LogP contribution in [0.25, 0.3) is 10.8 Å². The van der Waals surface area contributed by atoms with Gasteiger partial charge in [0.2, 0.25) is 0 Å². The Hall–Kier alpha value is -1.22. The van der Waals surface area contributed by atoms with Crippen molar-refractivity contribution >= 4 is 26.7 Å². The fraction of sp³-hybridized carbons (Fsp3) is 0.444. The van der Waals surface area contributed by atoms with E-state index in [1.54, 1.807) is 7.11 Å². The van der Waals surface area contributed by atoms with Gasteiger partial charge >= 0.3 is 0 Å². The summed E-state index contributed by atoms with van der Waals surface area (Å²) in [6.07, 6.45) is 4.87. The molecule has 0 aromatic heterocycles. The zero-order valence-electron chi connectivity index (χ0n) is 12.8. The molecular formula is C18H23BrO2. The molecule has 0 saturated carbocycles. The van der Waals surface area contributed by atoms with Crippen molar-refractivity contribution < 1.29 is 9.47 Å². The largest absolute Gasteiger partial charge is 0.497 e. The molecule has 21 heavy (non-hydrogen) atoms. The molecule has 0 atom stereocenters. The molecular weight excluding hydrogens is 328 g/mol. The summed E-state index contributed by atoms with van der Waals surface area (Å²) in [7, 11) is 1.70. The summed E-state index contributed by atoms with van der Waals surface area (Å²) in [5, 5.41) is 3.52. The standard InChI is InChI=1S/C18H23BrO2/c1-14-17-9-8-16(20-2)13-15(17)7-10-18(14)21-12-6-4-3-5-11-19/h7-10,13H,3-6,11-12H2,1-2H3. The maximum Gasteiger partial charge on any atom is 0.122 e. The molecule has 0 bridgehead atoms. The number of hydrogen-bond acceptors (Lipinski definition) is 2. The van der Waals surface area contributed by atoms with Gasteiger partial charge in [0.05, 0.1) is 13.7 Å². The summed E-state index contributed by atoms with van der Waals surface area (Å²) in [6, 6.07) is 10.3. The minimum Gasteiger partial charge on any atom is -0.497 e. The summed E-state index contributed by atoms with van der Waals surface area (Å²) in [6.45, 7) is 2.92. The van der Waals surface area contributed by atoms with Crippen LogP contribution in [0.15, 0.2) is 30.3 Å². The lowest BCUT2D eigenvalue weighted by atomic mass is 10.0. The van der Waals surface area contributed by atoms with E-state index in [4.69, 9.17) is 9.47 Å². The molecule has 3 heteroatoms. The lowest BCUT2D eigenvalue weighted by Gasteiger charge is -2.12. The van der Waals surface area contributed by atoms with Crippen LogP contribution >= 0.6 is 15.9 Å². The van der Waals surface area contributed by atoms with Gasteiger partial charge in [0, 0.05) is 5.33 Å². The summed E-state index contributed by atoms with van der Waals surface area (Å²) in [5.41, 5.74) is 1.20. The maximum absolute atomic E-state index is 5.94. The fourth-order valence-electron chi connectivity index (χ4n) is 2.46. The van der Waals surface area contributed by atoms with Gasteiger partial charge in [-0.15, -0.1) is 0 Å². The highest BCUT2D eigenvalue weighted by Gasteiger charge is 2.05. The molecule has 0 heterocycles. The molecule has 0 fully saturated rings. The van der Waals surface area contributed by atoms with Crippen molar-refractivity contribution in [2.24, 2.45) is 0 Å². The van der Waals surface area contributed by atoms with Gasteiger partial charge in [-0.1, -0.05) is 40.9 Å². The van der Waals surface area contributed by atoms with Gasteiger partial charge in [-0.25, -0.2) is 0 Å². The zero-order chi connectivity index (χ0) is 15.1. The normalized spacial score (nSPS) is 10.8. The highest BCUT2D eigenvalue weighted by Crippen LogP contribution is 2.29. The molecule has 0 spiro atoms. The molecule has 2 rings (SSSR count). The van der Waals surface area contributed by atoms with Crippen molar-refractivity contribution in [1.82, 2.24) is 0 Å². The molecule has 2 nitrogen and oxygen atoms in total. The summed E-state index contributed by atoms with van der Waals surface area (Å²) in [4.78, 5) is 0. The second-order valence-electron chi connectivity index (χ2n) is 5.23. The Kier molecular flexibility index (Phi) is 6.37. The number of alkyl halides is 1. The Balaban J connectivity index is 1.99. The lowest BCUT2D eigenvalue weighted by Crippen LogP contribution is -1.99. The van der Waals surface area contributed by atoms with E-state index in [1.165, 1.54) is 35.6 Å². The predicted octanol–water partition coefficient (Wildman–Crippen LogP) is 5.49. The van der Waals surface area contributed by atoms with Crippen LogP contribution in [0.5, 0.6) is 11.5 Å². The number of aryl methyl sites for hydroxylation is 1. The third kappa shape index (κ3) is 4.37. The average Bonchev–Trinajstić information content (AvgIpc) is 2.52. The van der Waals surface area contributed by atoms with Crippen LogP contribution in [-0.2, 0) is 0 Å². The number of benzene rings is 2. The first-order chi connectivity index (χ1) is 10.3. The van der Waals surface area contributed by atoms with Crippen LogP contribution in [-0.4, -0.2) is 19.0 Å². The first kappa shape index (κ1) is 16.2. The topological polar surface area (TPSA) is 18.5 Å². The number of ether oxygens (including phenoxy) is 2. The number of hydrogen-bond donors (Lipinski definition) is 0. The molecule has 0 aliphatic rings. The van der Waals surface area contributed by atoms with Crippen molar-refractivity contribution in [3.63, 3.8) is 0 Å². The second kappa shape index (κ2) is 8.28. The van der Waals surface area contributed by atoms with Crippen molar-refractivity contribution in [3.8, 4) is 11.5 Å². The van der Waals surface area contributed by atoms with E-state index in [9.17, 15) is 0 Å². The predicted molar refractivity (Wildman–Crippen MR) is 93.0 cm³/mol. The molecule has 0 unspecified atom stereocenters. The number of unbranched alkanes of at least 4 members (excludes halogenated alkanes) is 3. The van der Waals surface area contributed by atoms with Gasteiger partial charge in [-0.05, 0) is 54.3 Å². The van der Waals surface area contributed by atoms with E-state index in [2.05, 4.69) is 47.1 Å². The molecule has 2 aromatic carbocycles. The fourth-order valence-corrected chi connectivity index (χ4v) is 2.86. The second-order valence-corrected chi connectivity index (χ2v) is 6.02. The minimum absolute atomic E-state index is 0.796. The van der Waals surface area contributed by atoms with Gasteiger partial charge in [-0.2, -0.15) is 0 Å². The van der Waals surface area contributed by atoms with Crippen LogP contribution in [0, 0.1) is 6.92 Å². The Bertz CT molecular complexity index is 581. The quantitative estimate of drug-likeness (QED) is 0.462. The van der Waals surface area contributed by atoms with Crippen LogP contribution in [0.4, 0.5) is 0 Å². The van der Waals surface area contributed by atoms with Crippen LogP contribution in [0.1, 0.15) is 31.2 Å². The van der Waals surface area contributed by atoms with E-state index < -0.39 is 0 Å². The minimum atomic E-state index is 0.796. The molecule has 2 aromatic rings. The smallest absolute Gasteiger partial charge is 0.122 e. The van der Waals surface area contributed by atoms with E-state index in [1.807, 2.05) is 6.07 Å². The summed E-state index contributed by atoms with van der Waals surface area (Å²) in [5.74, 6) is 1.88. The van der Waals surface area contributed by atoms with Gasteiger partial charge in [0.1, 0.15) is 11.5 Å². The highest BCUT2D eigenvalue weighted by molar-refractivity contribution is 9.09. The lowest BCUT2D eigenvalue weighted by molar-refractivity contribution is 0.303. The maximum atomic E-state index is 5.94. The van der Waals surface area contributed by atoms with E-state index in [0.29, 0.717) is 0 Å². The molecule has 0 amide bonds. The van der Waals surface area contributed by atoms with Gasteiger partial charge in [0.25, 0.3) is 0 Å². The van der Waals surface area contributed by atoms with E-state index in [0.717, 1.165) is 29.9 Å². The average molecular weight is 351 g/mol. The first-order valence-corrected chi connectivity index (χ1v) is 8.64. The zero-order valence-corrected chi connectivity index (χ0v) is 14.4. The summed E-state index contributed by atoms with van der Waals surface area (Å²) >= 11 is 3.46. The monoisotopic (exact) mass is 350 g/mol. The van der Waals surface area contributed by atoms with Crippen molar-refractivity contribution in [2.75, 3.05) is 19.0 Å². The third-order valence-electron chi connectivity index (χ3n) is 3.73. The Labute approximate surface area is 135 Å². The number of fused-ring (bicyclic) bond motifs is 1. The van der Waals surface area contributed by atoms with Gasteiger partial charge in [0.15, 0.2) is 0 Å². The number of rotatable bonds is 8. The molecule has 0 aliphatic carbocycles. The first-order valence-electron chi connectivity index (χ1n) is 7.52. The Morgan fingerprint density at radius 3 is 2.57 bits per heavy atom. The molecule has 0 radical (unpaired) electrons. The number of halogens is 1. The van der Waals surface area contributed by atoms with E-state index in [-0.39, 0.29) is 0 Å². The van der Waals surface area contributed by atoms with Crippen molar-refractivity contribution in [2.45, 2.75) is 32.6 Å². The van der Waals surface area contributed by atoms with Crippen molar-refractivity contribution in [1.29, 1.82) is 0 Å². The SMILES string of the molecule is COc1ccc2c(C)c(OCCCCCCBr)ccc2c1. The van der Waals surface area contributed by atoms with Crippen LogP contribution < -0.4 is 9.47 Å². The Morgan fingerprint density at radius 2 is 1.81 bits per heavy atom. The summed E-state index contributed by atoms with van der Waals surface area (Å²) < 4.78 is 11.2. The molecule has 0 saturated heterocycles.